The number of likely N-dealkylation sites (tertiary alicyclic amines) is 1. The third-order valence-electron chi connectivity index (χ3n) is 4.52. The van der Waals surface area contributed by atoms with Crippen LogP contribution in [-0.4, -0.2) is 30.0 Å². The minimum absolute atomic E-state index is 0.615. The third kappa shape index (κ3) is 2.28. The molecule has 3 nitrogen and oxygen atoms in total. The van der Waals surface area contributed by atoms with Crippen molar-refractivity contribution in [1.29, 1.82) is 0 Å². The molecule has 1 aromatic heterocycles. The van der Waals surface area contributed by atoms with Crippen LogP contribution in [0.3, 0.4) is 0 Å². The van der Waals surface area contributed by atoms with Crippen LogP contribution in [0.1, 0.15) is 35.6 Å². The number of nitrogens with two attached hydrogens (primary N) is 1. The van der Waals surface area contributed by atoms with Gasteiger partial charge in [-0.25, -0.2) is 0 Å². The largest absolute Gasteiger partial charge is 0.358 e. The lowest BCUT2D eigenvalue weighted by Crippen LogP contribution is -2.29. The Kier molecular flexibility index (Phi) is 3.33. The fourth-order valence-electron chi connectivity index (χ4n) is 3.23. The molecular weight excluding hydrogens is 234 g/mol. The highest BCUT2D eigenvalue weighted by atomic mass is 15.1. The van der Waals surface area contributed by atoms with Crippen molar-refractivity contribution in [1.82, 2.24) is 9.88 Å². The molecule has 2 aromatic rings. The van der Waals surface area contributed by atoms with Gasteiger partial charge in [-0.05, 0) is 63.2 Å². The fraction of sp³-hybridized carbons (Fsp3) is 0.500. The predicted octanol–water partition coefficient (Wildman–Crippen LogP) is 2.74. The monoisotopic (exact) mass is 257 g/mol. The Morgan fingerprint density at radius 1 is 1.32 bits per heavy atom. The first-order valence-electron chi connectivity index (χ1n) is 7.18. The summed E-state index contributed by atoms with van der Waals surface area (Å²) in [5.41, 5.74) is 11.1. The Balaban J connectivity index is 1.98. The lowest BCUT2D eigenvalue weighted by atomic mass is 9.91. The standard InChI is InChI=1S/C16H23N3/c1-11-14-9-12(10-17)3-4-15(14)18-16(11)13-5-7-19(2)8-6-13/h3-4,9,13,18H,5-8,10,17H2,1-2H3. The second kappa shape index (κ2) is 4.99. The van der Waals surface area contributed by atoms with Crippen LogP contribution in [0.5, 0.6) is 0 Å². The SMILES string of the molecule is Cc1c(C2CCN(C)CC2)[nH]c2ccc(CN)cc12. The first-order chi connectivity index (χ1) is 9.19. The van der Waals surface area contributed by atoms with E-state index in [4.69, 9.17) is 5.73 Å². The lowest BCUT2D eigenvalue weighted by molar-refractivity contribution is 0.253. The Bertz CT molecular complexity index is 577. The van der Waals surface area contributed by atoms with Crippen LogP contribution in [-0.2, 0) is 6.54 Å². The number of nitrogens with one attached hydrogen (secondary N) is 1. The molecule has 2 heterocycles. The van der Waals surface area contributed by atoms with Gasteiger partial charge in [0.15, 0.2) is 0 Å². The minimum Gasteiger partial charge on any atom is -0.358 e. The first kappa shape index (κ1) is 12.7. The highest BCUT2D eigenvalue weighted by molar-refractivity contribution is 5.85. The highest BCUT2D eigenvalue weighted by Gasteiger charge is 2.22. The first-order valence-corrected chi connectivity index (χ1v) is 7.18. The van der Waals surface area contributed by atoms with Crippen LogP contribution in [0.25, 0.3) is 10.9 Å². The summed E-state index contributed by atoms with van der Waals surface area (Å²) >= 11 is 0. The summed E-state index contributed by atoms with van der Waals surface area (Å²) in [4.78, 5) is 6.06. The van der Waals surface area contributed by atoms with E-state index in [0.29, 0.717) is 12.5 Å². The number of hydrogen-bond donors (Lipinski definition) is 2. The Morgan fingerprint density at radius 3 is 2.74 bits per heavy atom. The zero-order valence-electron chi connectivity index (χ0n) is 11.9. The summed E-state index contributed by atoms with van der Waals surface area (Å²) in [6.07, 6.45) is 2.52. The predicted molar refractivity (Wildman–Crippen MR) is 80.4 cm³/mol. The van der Waals surface area contributed by atoms with E-state index in [1.54, 1.807) is 0 Å². The van der Waals surface area contributed by atoms with E-state index in [-0.39, 0.29) is 0 Å². The van der Waals surface area contributed by atoms with Gasteiger partial charge in [0.2, 0.25) is 0 Å². The van der Waals surface area contributed by atoms with Gasteiger partial charge < -0.3 is 15.6 Å². The normalized spacial score (nSPS) is 18.3. The molecule has 0 radical (unpaired) electrons. The molecule has 19 heavy (non-hydrogen) atoms. The summed E-state index contributed by atoms with van der Waals surface area (Å²) in [6, 6.07) is 6.53. The molecular formula is C16H23N3. The van der Waals surface area contributed by atoms with E-state index in [2.05, 4.69) is 42.1 Å². The molecule has 0 aliphatic carbocycles. The molecule has 102 valence electrons. The van der Waals surface area contributed by atoms with E-state index in [1.165, 1.54) is 53.7 Å². The van der Waals surface area contributed by atoms with Crippen LogP contribution in [0.2, 0.25) is 0 Å². The molecule has 1 fully saturated rings. The maximum atomic E-state index is 5.74. The van der Waals surface area contributed by atoms with Crippen LogP contribution < -0.4 is 5.73 Å². The van der Waals surface area contributed by atoms with E-state index in [1.807, 2.05) is 0 Å². The van der Waals surface area contributed by atoms with Crippen molar-refractivity contribution in [2.24, 2.45) is 5.73 Å². The molecule has 1 aliphatic rings. The van der Waals surface area contributed by atoms with E-state index < -0.39 is 0 Å². The summed E-state index contributed by atoms with van der Waals surface area (Å²) in [7, 11) is 2.21. The minimum atomic E-state index is 0.615. The molecule has 1 aromatic carbocycles. The van der Waals surface area contributed by atoms with Crippen LogP contribution >= 0.6 is 0 Å². The van der Waals surface area contributed by atoms with Gasteiger partial charge in [-0.3, -0.25) is 0 Å². The Hall–Kier alpha value is -1.32. The maximum Gasteiger partial charge on any atom is 0.0459 e. The second-order valence-corrected chi connectivity index (χ2v) is 5.83. The second-order valence-electron chi connectivity index (χ2n) is 5.83. The number of nitrogens with zero attached hydrogens (tertiary/aromatic N) is 1. The molecule has 0 bridgehead atoms. The van der Waals surface area contributed by atoms with Gasteiger partial charge in [-0.1, -0.05) is 6.07 Å². The van der Waals surface area contributed by atoms with Crippen molar-refractivity contribution in [2.45, 2.75) is 32.2 Å². The maximum absolute atomic E-state index is 5.74. The molecule has 1 aliphatic heterocycles. The van der Waals surface area contributed by atoms with Crippen molar-refractivity contribution in [2.75, 3.05) is 20.1 Å². The number of aromatic amines is 1. The summed E-state index contributed by atoms with van der Waals surface area (Å²) < 4.78 is 0. The number of fused-ring (bicyclic) bond motifs is 1. The van der Waals surface area contributed by atoms with Crippen molar-refractivity contribution in [3.8, 4) is 0 Å². The average Bonchev–Trinajstić information content (AvgIpc) is 2.76. The quantitative estimate of drug-likeness (QED) is 0.869. The van der Waals surface area contributed by atoms with Gasteiger partial charge in [0.05, 0.1) is 0 Å². The smallest absolute Gasteiger partial charge is 0.0459 e. The van der Waals surface area contributed by atoms with Gasteiger partial charge in [0.25, 0.3) is 0 Å². The van der Waals surface area contributed by atoms with Gasteiger partial charge in [0, 0.05) is 29.1 Å². The number of aromatic nitrogens is 1. The number of aryl methyl sites for hydroxylation is 1. The number of rotatable bonds is 2. The number of H-pyrrole nitrogens is 1. The van der Waals surface area contributed by atoms with Crippen molar-refractivity contribution in [3.63, 3.8) is 0 Å². The van der Waals surface area contributed by atoms with Crippen molar-refractivity contribution < 1.29 is 0 Å². The molecule has 0 unspecified atom stereocenters. The number of hydrogen-bond acceptors (Lipinski definition) is 2. The lowest BCUT2D eigenvalue weighted by Gasteiger charge is -2.28. The van der Waals surface area contributed by atoms with Gasteiger partial charge >= 0.3 is 0 Å². The number of piperidine rings is 1. The third-order valence-corrected chi connectivity index (χ3v) is 4.52. The fourth-order valence-corrected chi connectivity index (χ4v) is 3.23. The zero-order chi connectivity index (χ0) is 13.4. The molecule has 3 N–H and O–H groups in total. The Morgan fingerprint density at radius 2 is 2.05 bits per heavy atom. The van der Waals surface area contributed by atoms with Crippen LogP contribution in [0.4, 0.5) is 0 Å². The van der Waals surface area contributed by atoms with Crippen molar-refractivity contribution in [3.05, 3.63) is 35.0 Å². The van der Waals surface area contributed by atoms with Gasteiger partial charge in [0.1, 0.15) is 0 Å². The summed E-state index contributed by atoms with van der Waals surface area (Å²) in [5.74, 6) is 0.685. The topological polar surface area (TPSA) is 45.0 Å². The average molecular weight is 257 g/mol. The van der Waals surface area contributed by atoms with E-state index in [0.717, 1.165) is 0 Å². The molecule has 1 saturated heterocycles. The van der Waals surface area contributed by atoms with Crippen molar-refractivity contribution >= 4 is 10.9 Å². The van der Waals surface area contributed by atoms with Crippen LogP contribution in [0.15, 0.2) is 18.2 Å². The Labute approximate surface area is 114 Å². The molecule has 0 saturated carbocycles. The van der Waals surface area contributed by atoms with Gasteiger partial charge in [-0.2, -0.15) is 0 Å². The molecule has 0 amide bonds. The molecule has 0 atom stereocenters. The number of benzene rings is 1. The van der Waals surface area contributed by atoms with Crippen LogP contribution in [0, 0.1) is 6.92 Å². The highest BCUT2D eigenvalue weighted by Crippen LogP contribution is 2.33. The zero-order valence-corrected chi connectivity index (χ0v) is 11.9. The van der Waals surface area contributed by atoms with E-state index in [9.17, 15) is 0 Å². The van der Waals surface area contributed by atoms with Gasteiger partial charge in [-0.15, -0.1) is 0 Å². The molecule has 0 spiro atoms. The molecule has 3 rings (SSSR count). The molecule has 3 heteroatoms. The summed E-state index contributed by atoms with van der Waals surface area (Å²) in [6.45, 7) is 5.26. The van der Waals surface area contributed by atoms with E-state index >= 15 is 0 Å². The summed E-state index contributed by atoms with van der Waals surface area (Å²) in [5, 5.41) is 1.34.